The zero-order chi connectivity index (χ0) is 17.9. The number of nitrogens with one attached hydrogen (secondary N) is 1. The highest BCUT2D eigenvalue weighted by Gasteiger charge is 2.45. The molecule has 27 heavy (non-hydrogen) atoms. The Kier molecular flexibility index (Phi) is 9.62. The number of nitrogens with zero attached hydrogens (tertiary/aromatic N) is 1. The van der Waals surface area contributed by atoms with Crippen LogP contribution in [0.4, 0.5) is 17.6 Å². The van der Waals surface area contributed by atoms with E-state index in [1.165, 1.54) is 6.07 Å². The van der Waals surface area contributed by atoms with Crippen LogP contribution in [0.1, 0.15) is 37.3 Å². The molecule has 1 aromatic rings. The largest absolute Gasteiger partial charge is 0.461 e. The Labute approximate surface area is 169 Å². The molecule has 1 aliphatic carbocycles. The Morgan fingerprint density at radius 3 is 2.22 bits per heavy atom. The van der Waals surface area contributed by atoms with Gasteiger partial charge in [0.1, 0.15) is 5.75 Å². The third-order valence-electron chi connectivity index (χ3n) is 5.13. The SMILES string of the molecule is Cl.Cl.FC(F)C(F)(F)Oc1ccccc1[C@@H](C1CCCC1)N1CCNCC1. The first kappa shape index (κ1) is 24.3. The highest BCUT2D eigenvalue weighted by atomic mass is 35.5. The van der Waals surface area contributed by atoms with E-state index in [0.717, 1.165) is 51.9 Å². The number of hydrogen-bond donors (Lipinski definition) is 1. The summed E-state index contributed by atoms with van der Waals surface area (Å²) < 4.78 is 56.7. The van der Waals surface area contributed by atoms with Gasteiger partial charge in [-0.25, -0.2) is 0 Å². The van der Waals surface area contributed by atoms with Gasteiger partial charge in [0.15, 0.2) is 0 Å². The van der Waals surface area contributed by atoms with Crippen molar-refractivity contribution in [2.75, 3.05) is 26.2 Å². The van der Waals surface area contributed by atoms with Crippen molar-refractivity contribution < 1.29 is 22.3 Å². The van der Waals surface area contributed by atoms with Crippen LogP contribution in [-0.4, -0.2) is 43.6 Å². The van der Waals surface area contributed by atoms with Gasteiger partial charge >= 0.3 is 12.5 Å². The molecule has 0 spiro atoms. The molecule has 2 fully saturated rings. The number of rotatable bonds is 6. The molecule has 0 radical (unpaired) electrons. The van der Waals surface area contributed by atoms with Crippen LogP contribution in [0.2, 0.25) is 0 Å². The topological polar surface area (TPSA) is 24.5 Å². The maximum Gasteiger partial charge on any atom is 0.461 e. The van der Waals surface area contributed by atoms with Crippen LogP contribution in [-0.2, 0) is 0 Å². The maximum atomic E-state index is 13.5. The first-order chi connectivity index (χ1) is 12.0. The van der Waals surface area contributed by atoms with Crippen LogP contribution < -0.4 is 10.1 Å². The van der Waals surface area contributed by atoms with Gasteiger partial charge in [0.25, 0.3) is 0 Å². The Hall–Kier alpha value is -0.760. The molecule has 2 aliphatic rings. The van der Waals surface area contributed by atoms with Gasteiger partial charge in [-0.3, -0.25) is 4.90 Å². The summed E-state index contributed by atoms with van der Waals surface area (Å²) in [5.41, 5.74) is 0.594. The van der Waals surface area contributed by atoms with Crippen molar-refractivity contribution in [2.24, 2.45) is 5.92 Å². The van der Waals surface area contributed by atoms with E-state index in [1.807, 2.05) is 0 Å². The smallest absolute Gasteiger partial charge is 0.428 e. The van der Waals surface area contributed by atoms with E-state index in [-0.39, 0.29) is 36.6 Å². The number of para-hydroxylation sites is 1. The van der Waals surface area contributed by atoms with Gasteiger partial charge in [0, 0.05) is 37.8 Å². The predicted octanol–water partition coefficient (Wildman–Crippen LogP) is 4.90. The molecule has 1 aliphatic heterocycles. The lowest BCUT2D eigenvalue weighted by molar-refractivity contribution is -0.253. The lowest BCUT2D eigenvalue weighted by Gasteiger charge is -2.39. The van der Waals surface area contributed by atoms with Crippen molar-refractivity contribution in [1.82, 2.24) is 10.2 Å². The van der Waals surface area contributed by atoms with E-state index >= 15 is 0 Å². The third kappa shape index (κ3) is 5.86. The van der Waals surface area contributed by atoms with Gasteiger partial charge in [-0.1, -0.05) is 31.0 Å². The molecular formula is C18H26Cl2F4N2O. The van der Waals surface area contributed by atoms with Gasteiger partial charge in [0.05, 0.1) is 0 Å². The van der Waals surface area contributed by atoms with Gasteiger partial charge in [-0.05, 0) is 24.8 Å². The van der Waals surface area contributed by atoms with E-state index in [4.69, 9.17) is 0 Å². The van der Waals surface area contributed by atoms with Gasteiger partial charge in [-0.2, -0.15) is 17.6 Å². The molecule has 1 saturated heterocycles. The minimum absolute atomic E-state index is 0. The molecule has 3 rings (SSSR count). The fourth-order valence-electron chi connectivity index (χ4n) is 3.99. The van der Waals surface area contributed by atoms with Crippen LogP contribution in [0, 0.1) is 5.92 Å². The van der Waals surface area contributed by atoms with Crippen LogP contribution in [0.15, 0.2) is 24.3 Å². The number of alkyl halides is 4. The monoisotopic (exact) mass is 432 g/mol. The summed E-state index contributed by atoms with van der Waals surface area (Å²) in [6.07, 6.45) is -4.07. The van der Waals surface area contributed by atoms with E-state index in [2.05, 4.69) is 15.0 Å². The zero-order valence-electron chi connectivity index (χ0n) is 14.9. The highest BCUT2D eigenvalue weighted by molar-refractivity contribution is 5.85. The minimum atomic E-state index is -4.49. The van der Waals surface area contributed by atoms with E-state index in [9.17, 15) is 17.6 Å². The molecule has 1 N–H and O–H groups in total. The molecule has 0 aromatic heterocycles. The zero-order valence-corrected chi connectivity index (χ0v) is 16.5. The fraction of sp³-hybridized carbons (Fsp3) is 0.667. The molecule has 1 aromatic carbocycles. The van der Waals surface area contributed by atoms with E-state index in [1.54, 1.807) is 18.2 Å². The van der Waals surface area contributed by atoms with Crippen molar-refractivity contribution in [1.29, 1.82) is 0 Å². The molecule has 1 heterocycles. The number of halogens is 6. The first-order valence-corrected chi connectivity index (χ1v) is 8.87. The third-order valence-corrected chi connectivity index (χ3v) is 5.13. The molecule has 3 nitrogen and oxygen atoms in total. The highest BCUT2D eigenvalue weighted by Crippen LogP contribution is 2.43. The summed E-state index contributed by atoms with van der Waals surface area (Å²) in [5.74, 6) is 0.200. The van der Waals surface area contributed by atoms with Crippen molar-refractivity contribution in [3.05, 3.63) is 29.8 Å². The summed E-state index contributed by atoms with van der Waals surface area (Å²) in [6.45, 7) is 3.28. The average Bonchev–Trinajstić information content (AvgIpc) is 3.11. The standard InChI is InChI=1S/C18H24F4N2O.2ClH/c19-17(20)18(21,22)25-15-8-4-3-7-14(15)16(13-5-1-2-6-13)24-11-9-23-10-12-24;;/h3-4,7-8,13,16-17,23H,1-2,5-6,9-12H2;2*1H/t16-;;/m1../s1. The predicted molar refractivity (Wildman–Crippen MR) is 102 cm³/mol. The summed E-state index contributed by atoms with van der Waals surface area (Å²) in [6, 6.07) is 6.34. The van der Waals surface area contributed by atoms with Gasteiger partial charge < -0.3 is 10.1 Å². The molecule has 0 unspecified atom stereocenters. The molecule has 156 valence electrons. The fourth-order valence-corrected chi connectivity index (χ4v) is 3.99. The average molecular weight is 433 g/mol. The molecule has 1 atom stereocenters. The summed E-state index contributed by atoms with van der Waals surface area (Å²) in [5, 5.41) is 3.29. The second-order valence-electron chi connectivity index (χ2n) is 6.78. The number of piperazine rings is 1. The van der Waals surface area contributed by atoms with Crippen LogP contribution in [0.25, 0.3) is 0 Å². The molecular weight excluding hydrogens is 407 g/mol. The molecule has 0 bridgehead atoms. The van der Waals surface area contributed by atoms with E-state index < -0.39 is 12.5 Å². The summed E-state index contributed by atoms with van der Waals surface area (Å²) in [4.78, 5) is 2.27. The number of benzene rings is 1. The lowest BCUT2D eigenvalue weighted by atomic mass is 9.89. The molecule has 1 saturated carbocycles. The second-order valence-corrected chi connectivity index (χ2v) is 6.78. The molecule has 9 heteroatoms. The Balaban J connectivity index is 0.00000182. The van der Waals surface area contributed by atoms with Gasteiger partial charge in [-0.15, -0.1) is 24.8 Å². The normalized spacial score (nSPS) is 20.0. The van der Waals surface area contributed by atoms with Crippen molar-refractivity contribution in [2.45, 2.75) is 44.3 Å². The summed E-state index contributed by atoms with van der Waals surface area (Å²) >= 11 is 0. The van der Waals surface area contributed by atoms with Gasteiger partial charge in [0.2, 0.25) is 0 Å². The van der Waals surface area contributed by atoms with E-state index in [0.29, 0.717) is 11.5 Å². The Morgan fingerprint density at radius 1 is 1.04 bits per heavy atom. The molecule has 0 amide bonds. The Morgan fingerprint density at radius 2 is 1.63 bits per heavy atom. The first-order valence-electron chi connectivity index (χ1n) is 8.87. The number of ether oxygens (including phenoxy) is 1. The lowest BCUT2D eigenvalue weighted by Crippen LogP contribution is -2.47. The van der Waals surface area contributed by atoms with Crippen molar-refractivity contribution >= 4 is 24.8 Å². The minimum Gasteiger partial charge on any atom is -0.428 e. The van der Waals surface area contributed by atoms with Crippen molar-refractivity contribution in [3.63, 3.8) is 0 Å². The quantitative estimate of drug-likeness (QED) is 0.646. The Bertz CT molecular complexity index is 568. The second kappa shape index (κ2) is 10.7. The summed E-state index contributed by atoms with van der Waals surface area (Å²) in [7, 11) is 0. The van der Waals surface area contributed by atoms with Crippen LogP contribution in [0.3, 0.4) is 0 Å². The van der Waals surface area contributed by atoms with Crippen molar-refractivity contribution in [3.8, 4) is 5.75 Å². The maximum absolute atomic E-state index is 13.5. The van der Waals surface area contributed by atoms with Crippen LogP contribution in [0.5, 0.6) is 5.75 Å². The van der Waals surface area contributed by atoms with Crippen LogP contribution >= 0.6 is 24.8 Å². The number of hydrogen-bond acceptors (Lipinski definition) is 3.